The van der Waals surface area contributed by atoms with Crippen molar-refractivity contribution in [3.8, 4) is 11.5 Å². The molecular formula is C24H33NO3. The van der Waals surface area contributed by atoms with Crippen molar-refractivity contribution in [3.63, 3.8) is 0 Å². The van der Waals surface area contributed by atoms with Crippen LogP contribution >= 0.6 is 0 Å². The minimum absolute atomic E-state index is 0.391. The van der Waals surface area contributed by atoms with E-state index in [0.717, 1.165) is 57.0 Å². The van der Waals surface area contributed by atoms with Gasteiger partial charge in [0.2, 0.25) is 0 Å². The summed E-state index contributed by atoms with van der Waals surface area (Å²) in [7, 11) is 1.70. The van der Waals surface area contributed by atoms with Crippen molar-refractivity contribution >= 4 is 0 Å². The maximum atomic E-state index is 10.4. The molecular weight excluding hydrogens is 350 g/mol. The Morgan fingerprint density at radius 2 is 1.57 bits per heavy atom. The van der Waals surface area contributed by atoms with Crippen molar-refractivity contribution in [1.29, 1.82) is 0 Å². The highest BCUT2D eigenvalue weighted by Gasteiger charge is 2.23. The smallest absolute Gasteiger partial charge is 0.120 e. The topological polar surface area (TPSA) is 41.9 Å². The first kappa shape index (κ1) is 20.7. The van der Waals surface area contributed by atoms with E-state index in [9.17, 15) is 5.11 Å². The Morgan fingerprint density at radius 1 is 0.964 bits per heavy atom. The van der Waals surface area contributed by atoms with Crippen LogP contribution < -0.4 is 4.74 Å². The molecule has 0 bridgehead atoms. The maximum Gasteiger partial charge on any atom is 0.120 e. The summed E-state index contributed by atoms with van der Waals surface area (Å²) in [5.74, 6) is 2.14. The van der Waals surface area contributed by atoms with E-state index in [1.165, 1.54) is 11.1 Å². The number of methoxy groups -OCH3 is 1. The Hall–Kier alpha value is -2.04. The van der Waals surface area contributed by atoms with Crippen LogP contribution in [0.2, 0.25) is 0 Å². The highest BCUT2D eigenvalue weighted by molar-refractivity contribution is 5.40. The molecule has 1 aliphatic heterocycles. The second kappa shape index (κ2) is 9.94. The first-order valence-electron chi connectivity index (χ1n) is 10.4. The second-order valence-electron chi connectivity index (χ2n) is 7.58. The van der Waals surface area contributed by atoms with Gasteiger partial charge in [-0.2, -0.15) is 0 Å². The summed E-state index contributed by atoms with van der Waals surface area (Å²) in [6.07, 6.45) is 2.14. The van der Waals surface area contributed by atoms with Crippen molar-refractivity contribution in [3.05, 3.63) is 59.2 Å². The number of phenols is 1. The van der Waals surface area contributed by atoms with Crippen molar-refractivity contribution in [1.82, 2.24) is 4.90 Å². The molecule has 28 heavy (non-hydrogen) atoms. The minimum Gasteiger partial charge on any atom is -0.508 e. The lowest BCUT2D eigenvalue weighted by molar-refractivity contribution is 0.0339. The van der Waals surface area contributed by atoms with Gasteiger partial charge < -0.3 is 14.6 Å². The summed E-state index contributed by atoms with van der Waals surface area (Å²) in [4.78, 5) is 2.35. The molecule has 2 aromatic carbocycles. The van der Waals surface area contributed by atoms with Crippen LogP contribution in [-0.2, 0) is 11.3 Å². The molecule has 152 valence electrons. The fraction of sp³-hybridized carbons (Fsp3) is 0.500. The van der Waals surface area contributed by atoms with Gasteiger partial charge in [-0.05, 0) is 54.0 Å². The highest BCUT2D eigenvalue weighted by Crippen LogP contribution is 2.39. The van der Waals surface area contributed by atoms with E-state index in [1.54, 1.807) is 7.11 Å². The van der Waals surface area contributed by atoms with Crippen LogP contribution in [0.25, 0.3) is 0 Å². The molecule has 0 aromatic heterocycles. The van der Waals surface area contributed by atoms with E-state index in [4.69, 9.17) is 9.47 Å². The lowest BCUT2D eigenvalue weighted by Crippen LogP contribution is -2.35. The molecule has 1 fully saturated rings. The molecule has 1 saturated heterocycles. The molecule has 1 N–H and O–H groups in total. The quantitative estimate of drug-likeness (QED) is 0.702. The molecule has 0 amide bonds. The number of hydrogen-bond acceptors (Lipinski definition) is 4. The van der Waals surface area contributed by atoms with Crippen LogP contribution in [0.5, 0.6) is 11.5 Å². The Balaban J connectivity index is 1.84. The summed E-state index contributed by atoms with van der Waals surface area (Å²) >= 11 is 0. The van der Waals surface area contributed by atoms with Gasteiger partial charge >= 0.3 is 0 Å². The maximum absolute atomic E-state index is 10.4. The molecule has 3 rings (SSSR count). The Labute approximate surface area is 169 Å². The molecule has 2 aromatic rings. The summed E-state index contributed by atoms with van der Waals surface area (Å²) in [5.41, 5.74) is 3.67. The van der Waals surface area contributed by atoms with Crippen molar-refractivity contribution < 1.29 is 14.6 Å². The molecule has 0 aliphatic carbocycles. The number of morpholine rings is 1. The van der Waals surface area contributed by atoms with Crippen molar-refractivity contribution in [2.75, 3.05) is 33.4 Å². The predicted molar refractivity (Wildman–Crippen MR) is 113 cm³/mol. The van der Waals surface area contributed by atoms with Crippen LogP contribution in [0.1, 0.15) is 55.2 Å². The zero-order valence-corrected chi connectivity index (χ0v) is 17.4. The van der Waals surface area contributed by atoms with Crippen molar-refractivity contribution in [2.24, 2.45) is 0 Å². The van der Waals surface area contributed by atoms with Gasteiger partial charge in [-0.3, -0.25) is 4.90 Å². The predicted octanol–water partition coefficient (Wildman–Crippen LogP) is 4.92. The number of ether oxygens (including phenoxy) is 2. The summed E-state index contributed by atoms with van der Waals surface area (Å²) in [6, 6.07) is 14.6. The van der Waals surface area contributed by atoms with E-state index < -0.39 is 0 Å². The van der Waals surface area contributed by atoms with Gasteiger partial charge in [-0.15, -0.1) is 0 Å². The van der Waals surface area contributed by atoms with Crippen molar-refractivity contribution in [2.45, 2.75) is 45.1 Å². The Kier molecular flexibility index (Phi) is 7.35. The van der Waals surface area contributed by atoms with Crippen LogP contribution in [0, 0.1) is 0 Å². The third kappa shape index (κ3) is 4.86. The monoisotopic (exact) mass is 383 g/mol. The summed E-state index contributed by atoms with van der Waals surface area (Å²) in [5, 5.41) is 10.4. The number of phenolic OH excluding ortho intramolecular Hbond substituents is 1. The van der Waals surface area contributed by atoms with E-state index in [1.807, 2.05) is 18.2 Å². The molecule has 0 saturated carbocycles. The van der Waals surface area contributed by atoms with E-state index in [0.29, 0.717) is 17.6 Å². The third-order valence-electron chi connectivity index (χ3n) is 5.94. The third-order valence-corrected chi connectivity index (χ3v) is 5.94. The average Bonchev–Trinajstić information content (AvgIpc) is 2.74. The number of nitrogens with zero attached hydrogens (tertiary/aromatic N) is 1. The minimum atomic E-state index is 0.391. The lowest BCUT2D eigenvalue weighted by Gasteiger charge is -2.29. The fourth-order valence-electron chi connectivity index (χ4n) is 4.32. The molecule has 0 spiro atoms. The summed E-state index contributed by atoms with van der Waals surface area (Å²) in [6.45, 7) is 8.67. The van der Waals surface area contributed by atoms with Gasteiger partial charge in [0, 0.05) is 25.2 Å². The first-order valence-corrected chi connectivity index (χ1v) is 10.4. The van der Waals surface area contributed by atoms with Gasteiger partial charge in [0.05, 0.1) is 20.3 Å². The fourth-order valence-corrected chi connectivity index (χ4v) is 4.32. The zero-order valence-electron chi connectivity index (χ0n) is 17.4. The normalized spacial score (nSPS) is 17.2. The first-order chi connectivity index (χ1) is 13.7. The SMILES string of the molecule is CC[C@H](c1ccc(OC)cc1)[C@@H](CC)c1ccc(O)c(CN2CCOCC2)c1. The largest absolute Gasteiger partial charge is 0.508 e. The second-order valence-corrected chi connectivity index (χ2v) is 7.58. The van der Waals surface area contributed by atoms with Crippen LogP contribution in [0.15, 0.2) is 42.5 Å². The molecule has 4 heteroatoms. The van der Waals surface area contributed by atoms with E-state index >= 15 is 0 Å². The molecule has 0 unspecified atom stereocenters. The van der Waals surface area contributed by atoms with Crippen LogP contribution in [0.3, 0.4) is 0 Å². The Bertz CT molecular complexity index is 738. The lowest BCUT2D eigenvalue weighted by atomic mass is 9.78. The molecule has 1 aliphatic rings. The molecule has 0 radical (unpaired) electrons. The number of rotatable bonds is 8. The van der Waals surface area contributed by atoms with E-state index in [-0.39, 0.29) is 0 Å². The zero-order chi connectivity index (χ0) is 19.9. The number of hydrogen-bond donors (Lipinski definition) is 1. The number of benzene rings is 2. The van der Waals surface area contributed by atoms with Crippen LogP contribution in [0.4, 0.5) is 0 Å². The van der Waals surface area contributed by atoms with Gasteiger partial charge in [0.15, 0.2) is 0 Å². The summed E-state index contributed by atoms with van der Waals surface area (Å²) < 4.78 is 10.8. The van der Waals surface area contributed by atoms with Gasteiger partial charge in [-0.1, -0.05) is 38.1 Å². The van der Waals surface area contributed by atoms with E-state index in [2.05, 4.69) is 43.0 Å². The van der Waals surface area contributed by atoms with Crippen LogP contribution in [-0.4, -0.2) is 43.4 Å². The van der Waals surface area contributed by atoms with Gasteiger partial charge in [-0.25, -0.2) is 0 Å². The molecule has 1 heterocycles. The standard InChI is InChI=1S/C24H33NO3/c1-4-22(18-6-9-21(27-3)10-7-18)23(5-2)19-8-11-24(26)20(16-19)17-25-12-14-28-15-13-25/h6-11,16,22-23,26H,4-5,12-15,17H2,1-3H3/t22-,23+/m1/s1. The Morgan fingerprint density at radius 3 is 2.18 bits per heavy atom. The molecule has 4 nitrogen and oxygen atoms in total. The van der Waals surface area contributed by atoms with Gasteiger partial charge in [0.1, 0.15) is 11.5 Å². The highest BCUT2D eigenvalue weighted by atomic mass is 16.5. The number of aromatic hydroxyl groups is 1. The molecule has 2 atom stereocenters. The average molecular weight is 384 g/mol. The van der Waals surface area contributed by atoms with Gasteiger partial charge in [0.25, 0.3) is 0 Å².